The molecule has 0 fully saturated rings. The lowest BCUT2D eigenvalue weighted by atomic mass is 10.1. The molecular weight excluding hydrogens is 316 g/mol. The SMILES string of the molecule is Brc1ccc(CNCCn2ccnc2)c2ncccc12. The van der Waals surface area contributed by atoms with E-state index in [0.717, 1.165) is 35.0 Å². The predicted octanol–water partition coefficient (Wildman–Crippen LogP) is 2.98. The topological polar surface area (TPSA) is 42.7 Å². The van der Waals surface area contributed by atoms with Gasteiger partial charge in [0.15, 0.2) is 0 Å². The van der Waals surface area contributed by atoms with E-state index >= 15 is 0 Å². The number of pyridine rings is 1. The van der Waals surface area contributed by atoms with Crippen molar-refractivity contribution in [2.24, 2.45) is 0 Å². The van der Waals surface area contributed by atoms with Crippen LogP contribution in [0.25, 0.3) is 10.9 Å². The van der Waals surface area contributed by atoms with Crippen LogP contribution in [0.15, 0.2) is 53.7 Å². The Morgan fingerprint density at radius 1 is 1.20 bits per heavy atom. The monoisotopic (exact) mass is 330 g/mol. The number of halogens is 1. The molecule has 102 valence electrons. The largest absolute Gasteiger partial charge is 0.336 e. The fourth-order valence-electron chi connectivity index (χ4n) is 2.19. The molecule has 0 spiro atoms. The average molecular weight is 331 g/mol. The van der Waals surface area contributed by atoms with Crippen molar-refractivity contribution in [3.05, 3.63) is 59.2 Å². The van der Waals surface area contributed by atoms with E-state index in [1.807, 2.05) is 24.8 Å². The van der Waals surface area contributed by atoms with Crippen LogP contribution in [0.1, 0.15) is 5.56 Å². The van der Waals surface area contributed by atoms with Crippen molar-refractivity contribution in [3.63, 3.8) is 0 Å². The summed E-state index contributed by atoms with van der Waals surface area (Å²) in [5, 5.41) is 4.60. The molecule has 0 atom stereocenters. The predicted molar refractivity (Wildman–Crippen MR) is 83.4 cm³/mol. The Hall–Kier alpha value is -1.72. The summed E-state index contributed by atoms with van der Waals surface area (Å²) in [5.41, 5.74) is 2.27. The normalized spacial score (nSPS) is 11.1. The highest BCUT2D eigenvalue weighted by Gasteiger charge is 2.04. The molecule has 0 saturated heterocycles. The number of benzene rings is 1. The molecule has 0 radical (unpaired) electrons. The third-order valence-electron chi connectivity index (χ3n) is 3.22. The Kier molecular flexibility index (Phi) is 4.08. The van der Waals surface area contributed by atoms with Gasteiger partial charge in [0, 0.05) is 48.1 Å². The van der Waals surface area contributed by atoms with Crippen molar-refractivity contribution in [2.75, 3.05) is 6.54 Å². The molecule has 2 aromatic heterocycles. The van der Waals surface area contributed by atoms with Gasteiger partial charge in [-0.15, -0.1) is 0 Å². The van der Waals surface area contributed by atoms with Gasteiger partial charge in [-0.25, -0.2) is 4.98 Å². The summed E-state index contributed by atoms with van der Waals surface area (Å²) in [4.78, 5) is 8.52. The number of imidazole rings is 1. The third kappa shape index (κ3) is 2.89. The van der Waals surface area contributed by atoms with E-state index in [0.29, 0.717) is 0 Å². The van der Waals surface area contributed by atoms with Crippen LogP contribution in [-0.2, 0) is 13.1 Å². The van der Waals surface area contributed by atoms with Gasteiger partial charge in [0.25, 0.3) is 0 Å². The fraction of sp³-hybridized carbons (Fsp3) is 0.200. The van der Waals surface area contributed by atoms with Crippen LogP contribution >= 0.6 is 15.9 Å². The first-order valence-corrected chi connectivity index (χ1v) is 7.32. The second-order valence-electron chi connectivity index (χ2n) is 4.58. The first kappa shape index (κ1) is 13.3. The number of nitrogens with one attached hydrogen (secondary N) is 1. The molecule has 5 heteroatoms. The van der Waals surface area contributed by atoms with Crippen molar-refractivity contribution in [2.45, 2.75) is 13.1 Å². The first-order valence-electron chi connectivity index (χ1n) is 6.53. The molecule has 0 bridgehead atoms. The zero-order valence-electron chi connectivity index (χ0n) is 11.0. The molecule has 1 N–H and O–H groups in total. The van der Waals surface area contributed by atoms with Crippen LogP contribution in [0, 0.1) is 0 Å². The number of hydrogen-bond donors (Lipinski definition) is 1. The van der Waals surface area contributed by atoms with Crippen LogP contribution in [0.3, 0.4) is 0 Å². The zero-order chi connectivity index (χ0) is 13.8. The molecule has 1 aromatic carbocycles. The molecule has 0 amide bonds. The maximum Gasteiger partial charge on any atom is 0.0946 e. The van der Waals surface area contributed by atoms with Gasteiger partial charge < -0.3 is 9.88 Å². The molecule has 0 unspecified atom stereocenters. The highest BCUT2D eigenvalue weighted by atomic mass is 79.9. The Morgan fingerprint density at radius 3 is 3.00 bits per heavy atom. The molecule has 0 aliphatic rings. The summed E-state index contributed by atoms with van der Waals surface area (Å²) in [7, 11) is 0. The lowest BCUT2D eigenvalue weighted by Gasteiger charge is -2.09. The van der Waals surface area contributed by atoms with E-state index in [4.69, 9.17) is 0 Å². The van der Waals surface area contributed by atoms with E-state index in [1.165, 1.54) is 5.56 Å². The number of rotatable bonds is 5. The summed E-state index contributed by atoms with van der Waals surface area (Å²) in [6.45, 7) is 2.64. The van der Waals surface area contributed by atoms with Gasteiger partial charge in [-0.3, -0.25) is 4.98 Å². The van der Waals surface area contributed by atoms with Crippen molar-refractivity contribution < 1.29 is 0 Å². The van der Waals surface area contributed by atoms with Crippen LogP contribution in [0.4, 0.5) is 0 Å². The molecule has 4 nitrogen and oxygen atoms in total. The van der Waals surface area contributed by atoms with E-state index in [-0.39, 0.29) is 0 Å². The zero-order valence-corrected chi connectivity index (χ0v) is 12.5. The molecular formula is C15H15BrN4. The minimum Gasteiger partial charge on any atom is -0.336 e. The summed E-state index contributed by atoms with van der Waals surface area (Å²) >= 11 is 3.57. The summed E-state index contributed by atoms with van der Waals surface area (Å²) in [6.07, 6.45) is 7.44. The third-order valence-corrected chi connectivity index (χ3v) is 3.91. The van der Waals surface area contributed by atoms with E-state index in [9.17, 15) is 0 Å². The van der Waals surface area contributed by atoms with E-state index < -0.39 is 0 Å². The van der Waals surface area contributed by atoms with Crippen LogP contribution in [0.2, 0.25) is 0 Å². The molecule has 20 heavy (non-hydrogen) atoms. The lowest BCUT2D eigenvalue weighted by Crippen LogP contribution is -2.19. The van der Waals surface area contributed by atoms with Gasteiger partial charge in [-0.1, -0.05) is 28.1 Å². The average Bonchev–Trinajstić information content (AvgIpc) is 2.99. The van der Waals surface area contributed by atoms with Gasteiger partial charge in [-0.05, 0) is 17.7 Å². The van der Waals surface area contributed by atoms with Crippen molar-refractivity contribution >= 4 is 26.8 Å². The van der Waals surface area contributed by atoms with Gasteiger partial charge in [0.2, 0.25) is 0 Å². The maximum absolute atomic E-state index is 4.49. The molecule has 0 aliphatic heterocycles. The van der Waals surface area contributed by atoms with Gasteiger partial charge in [0.05, 0.1) is 11.8 Å². The smallest absolute Gasteiger partial charge is 0.0946 e. The summed E-state index contributed by atoms with van der Waals surface area (Å²) in [5.74, 6) is 0. The first-order chi connectivity index (χ1) is 9.84. The van der Waals surface area contributed by atoms with Crippen molar-refractivity contribution in [1.29, 1.82) is 0 Å². The fourth-order valence-corrected chi connectivity index (χ4v) is 2.64. The second-order valence-corrected chi connectivity index (χ2v) is 5.44. The minimum atomic E-state index is 0.815. The second kappa shape index (κ2) is 6.15. The lowest BCUT2D eigenvalue weighted by molar-refractivity contribution is 0.598. The number of aromatic nitrogens is 3. The Labute approximate surface area is 126 Å². The standard InChI is InChI=1S/C15H15BrN4/c16-14-4-3-12(15-13(14)2-1-5-19-15)10-17-6-8-20-9-7-18-11-20/h1-5,7,9,11,17H,6,8,10H2. The van der Waals surface area contributed by atoms with Crippen LogP contribution in [0.5, 0.6) is 0 Å². The quantitative estimate of drug-likeness (QED) is 0.731. The van der Waals surface area contributed by atoms with E-state index in [1.54, 1.807) is 6.20 Å². The van der Waals surface area contributed by atoms with Crippen molar-refractivity contribution in [3.8, 4) is 0 Å². The molecule has 0 aliphatic carbocycles. The maximum atomic E-state index is 4.49. The number of hydrogen-bond acceptors (Lipinski definition) is 3. The minimum absolute atomic E-state index is 0.815. The highest BCUT2D eigenvalue weighted by molar-refractivity contribution is 9.10. The Morgan fingerprint density at radius 2 is 2.15 bits per heavy atom. The van der Waals surface area contributed by atoms with Crippen LogP contribution in [-0.4, -0.2) is 21.1 Å². The van der Waals surface area contributed by atoms with Gasteiger partial charge in [0.1, 0.15) is 0 Å². The summed E-state index contributed by atoms with van der Waals surface area (Å²) < 4.78 is 3.15. The molecule has 3 aromatic rings. The molecule has 3 rings (SSSR count). The molecule has 2 heterocycles. The summed E-state index contributed by atoms with van der Waals surface area (Å²) in [6, 6.07) is 8.24. The number of nitrogens with zero attached hydrogens (tertiary/aromatic N) is 3. The molecule has 0 saturated carbocycles. The van der Waals surface area contributed by atoms with Gasteiger partial charge in [-0.2, -0.15) is 0 Å². The highest BCUT2D eigenvalue weighted by Crippen LogP contribution is 2.24. The van der Waals surface area contributed by atoms with E-state index in [2.05, 4.69) is 54.0 Å². The van der Waals surface area contributed by atoms with Crippen molar-refractivity contribution in [1.82, 2.24) is 19.9 Å². The Balaban J connectivity index is 1.67. The van der Waals surface area contributed by atoms with Crippen LogP contribution < -0.4 is 5.32 Å². The van der Waals surface area contributed by atoms with Gasteiger partial charge >= 0.3 is 0 Å². The number of fused-ring (bicyclic) bond motifs is 1. The Bertz CT molecular complexity index is 694.